The molecule has 0 saturated heterocycles. The molecule has 2 saturated carbocycles. The summed E-state index contributed by atoms with van der Waals surface area (Å²) in [6.07, 6.45) is 5.97. The van der Waals surface area contributed by atoms with E-state index in [9.17, 15) is 0 Å². The lowest BCUT2D eigenvalue weighted by Gasteiger charge is -2.23. The van der Waals surface area contributed by atoms with Crippen molar-refractivity contribution in [1.29, 1.82) is 0 Å². The topological polar surface area (TPSA) is 9.23 Å². The highest BCUT2D eigenvalue weighted by Gasteiger charge is 2.40. The Kier molecular flexibility index (Phi) is 2.47. The van der Waals surface area contributed by atoms with Crippen LogP contribution in [0.4, 0.5) is 0 Å². The van der Waals surface area contributed by atoms with E-state index in [0.717, 1.165) is 22.1 Å². The Morgan fingerprint density at radius 2 is 2.13 bits per heavy atom. The van der Waals surface area contributed by atoms with Crippen molar-refractivity contribution in [3.8, 4) is 5.75 Å². The molecule has 80 valence electrons. The molecule has 0 aliphatic heterocycles. The first-order chi connectivity index (χ1) is 7.31. The van der Waals surface area contributed by atoms with E-state index in [0.29, 0.717) is 6.10 Å². The molecule has 0 aromatic heterocycles. The molecule has 0 heterocycles. The first kappa shape index (κ1) is 9.71. The van der Waals surface area contributed by atoms with Crippen molar-refractivity contribution >= 4 is 15.9 Å². The second-order valence-corrected chi connectivity index (χ2v) is 5.70. The molecule has 2 fully saturated rings. The van der Waals surface area contributed by atoms with Gasteiger partial charge in [0.2, 0.25) is 0 Å². The fourth-order valence-electron chi connectivity index (χ4n) is 3.05. The van der Waals surface area contributed by atoms with E-state index in [4.69, 9.17) is 4.74 Å². The highest BCUT2D eigenvalue weighted by molar-refractivity contribution is 9.10. The van der Waals surface area contributed by atoms with Crippen molar-refractivity contribution in [2.24, 2.45) is 11.8 Å². The maximum absolute atomic E-state index is 6.06. The van der Waals surface area contributed by atoms with Crippen molar-refractivity contribution in [3.63, 3.8) is 0 Å². The van der Waals surface area contributed by atoms with Gasteiger partial charge in [0.25, 0.3) is 0 Å². The van der Waals surface area contributed by atoms with Crippen molar-refractivity contribution in [3.05, 3.63) is 28.7 Å². The number of rotatable bonds is 2. The summed E-state index contributed by atoms with van der Waals surface area (Å²) in [5, 5.41) is 0. The molecule has 0 N–H and O–H groups in total. The average Bonchev–Trinajstić information content (AvgIpc) is 2.79. The normalized spacial score (nSPS) is 33.3. The van der Waals surface area contributed by atoms with Crippen LogP contribution in [0, 0.1) is 11.8 Å². The quantitative estimate of drug-likeness (QED) is 0.786. The largest absolute Gasteiger partial charge is 0.490 e. The monoisotopic (exact) mass is 266 g/mol. The van der Waals surface area contributed by atoms with E-state index in [1.165, 1.54) is 25.7 Å². The lowest BCUT2D eigenvalue weighted by molar-refractivity contribution is 0.138. The molecule has 1 nitrogen and oxygen atoms in total. The Balaban J connectivity index is 1.71. The van der Waals surface area contributed by atoms with Crippen molar-refractivity contribution in [2.75, 3.05) is 0 Å². The molecule has 1 aromatic carbocycles. The lowest BCUT2D eigenvalue weighted by Crippen LogP contribution is -2.23. The Labute approximate surface area is 99.0 Å². The minimum atomic E-state index is 0.484. The zero-order valence-electron chi connectivity index (χ0n) is 8.66. The highest BCUT2D eigenvalue weighted by atomic mass is 79.9. The number of halogens is 1. The van der Waals surface area contributed by atoms with Gasteiger partial charge in [0.15, 0.2) is 0 Å². The van der Waals surface area contributed by atoms with E-state index in [2.05, 4.69) is 28.1 Å². The molecule has 2 bridgehead atoms. The van der Waals surface area contributed by atoms with Crippen LogP contribution >= 0.6 is 15.9 Å². The number of hydrogen-bond acceptors (Lipinski definition) is 1. The fraction of sp³-hybridized carbons (Fsp3) is 0.538. The van der Waals surface area contributed by atoms with Crippen molar-refractivity contribution in [1.82, 2.24) is 0 Å². The Hall–Kier alpha value is -0.500. The average molecular weight is 267 g/mol. The molecular formula is C13H15BrO. The summed E-state index contributed by atoms with van der Waals surface area (Å²) in [7, 11) is 0. The van der Waals surface area contributed by atoms with Crippen molar-refractivity contribution in [2.45, 2.75) is 31.8 Å². The molecule has 3 unspecified atom stereocenters. The molecule has 0 radical (unpaired) electrons. The van der Waals surface area contributed by atoms with Gasteiger partial charge in [-0.3, -0.25) is 0 Å². The van der Waals surface area contributed by atoms with Crippen LogP contribution in [0.1, 0.15) is 25.7 Å². The van der Waals surface area contributed by atoms with Gasteiger partial charge in [-0.25, -0.2) is 0 Å². The summed E-state index contributed by atoms with van der Waals surface area (Å²) in [5.74, 6) is 2.79. The third-order valence-corrected chi connectivity index (χ3v) is 4.25. The zero-order valence-corrected chi connectivity index (χ0v) is 10.2. The SMILES string of the molecule is Brc1cccc(OC2CC3CCC2C3)c1. The van der Waals surface area contributed by atoms with Gasteiger partial charge in [0.05, 0.1) is 0 Å². The number of benzene rings is 1. The molecule has 1 aromatic rings. The molecule has 2 aliphatic rings. The van der Waals surface area contributed by atoms with Crippen LogP contribution in [0.15, 0.2) is 28.7 Å². The summed E-state index contributed by atoms with van der Waals surface area (Å²) in [4.78, 5) is 0. The van der Waals surface area contributed by atoms with Crippen LogP contribution in [0.25, 0.3) is 0 Å². The van der Waals surface area contributed by atoms with Crippen LogP contribution in [0.5, 0.6) is 5.75 Å². The summed E-state index contributed by atoms with van der Waals surface area (Å²) in [5.41, 5.74) is 0. The first-order valence-corrected chi connectivity index (χ1v) is 6.53. The summed E-state index contributed by atoms with van der Waals surface area (Å²) < 4.78 is 7.16. The standard InChI is InChI=1S/C13H15BrO/c14-11-2-1-3-12(8-11)15-13-7-9-4-5-10(13)6-9/h1-3,8-10,13H,4-7H2. The van der Waals surface area contributed by atoms with Crippen LogP contribution < -0.4 is 4.74 Å². The maximum Gasteiger partial charge on any atom is 0.120 e. The predicted octanol–water partition coefficient (Wildman–Crippen LogP) is 4.02. The van der Waals surface area contributed by atoms with Gasteiger partial charge in [-0.2, -0.15) is 0 Å². The molecule has 2 heteroatoms. The Bertz CT molecular complexity index is 363. The number of fused-ring (bicyclic) bond motifs is 2. The third-order valence-electron chi connectivity index (χ3n) is 3.76. The summed E-state index contributed by atoms with van der Waals surface area (Å²) in [6.45, 7) is 0. The minimum absolute atomic E-state index is 0.484. The van der Waals surface area contributed by atoms with Gasteiger partial charge in [0, 0.05) is 4.47 Å². The summed E-state index contributed by atoms with van der Waals surface area (Å²) >= 11 is 3.47. The van der Waals surface area contributed by atoms with Crippen LogP contribution in [0.3, 0.4) is 0 Å². The third kappa shape index (κ3) is 1.92. The Morgan fingerprint density at radius 1 is 1.20 bits per heavy atom. The molecule has 2 aliphatic carbocycles. The Morgan fingerprint density at radius 3 is 2.80 bits per heavy atom. The molecule has 3 rings (SSSR count). The van der Waals surface area contributed by atoms with Crippen LogP contribution in [-0.2, 0) is 0 Å². The number of ether oxygens (including phenoxy) is 1. The smallest absolute Gasteiger partial charge is 0.120 e. The first-order valence-electron chi connectivity index (χ1n) is 5.73. The van der Waals surface area contributed by atoms with Gasteiger partial charge in [-0.05, 0) is 55.7 Å². The fourth-order valence-corrected chi connectivity index (χ4v) is 3.42. The zero-order chi connectivity index (χ0) is 10.3. The number of hydrogen-bond donors (Lipinski definition) is 0. The van der Waals surface area contributed by atoms with E-state index >= 15 is 0 Å². The van der Waals surface area contributed by atoms with E-state index < -0.39 is 0 Å². The van der Waals surface area contributed by atoms with Gasteiger partial charge in [-0.1, -0.05) is 22.0 Å². The van der Waals surface area contributed by atoms with Crippen LogP contribution in [-0.4, -0.2) is 6.10 Å². The van der Waals surface area contributed by atoms with E-state index in [-0.39, 0.29) is 0 Å². The molecular weight excluding hydrogens is 252 g/mol. The molecule has 0 spiro atoms. The van der Waals surface area contributed by atoms with Gasteiger partial charge >= 0.3 is 0 Å². The van der Waals surface area contributed by atoms with E-state index in [1.54, 1.807) is 0 Å². The predicted molar refractivity (Wildman–Crippen MR) is 64.0 cm³/mol. The lowest BCUT2D eigenvalue weighted by atomic mass is 9.98. The van der Waals surface area contributed by atoms with Crippen LogP contribution in [0.2, 0.25) is 0 Å². The second-order valence-electron chi connectivity index (χ2n) is 4.79. The minimum Gasteiger partial charge on any atom is -0.490 e. The van der Waals surface area contributed by atoms with Gasteiger partial charge < -0.3 is 4.74 Å². The summed E-state index contributed by atoms with van der Waals surface area (Å²) in [6, 6.07) is 8.18. The molecule has 0 amide bonds. The van der Waals surface area contributed by atoms with E-state index in [1.807, 2.05) is 12.1 Å². The van der Waals surface area contributed by atoms with Gasteiger partial charge in [0.1, 0.15) is 11.9 Å². The van der Waals surface area contributed by atoms with Gasteiger partial charge in [-0.15, -0.1) is 0 Å². The maximum atomic E-state index is 6.06. The molecule has 3 atom stereocenters. The molecule has 15 heavy (non-hydrogen) atoms. The second kappa shape index (κ2) is 3.82. The van der Waals surface area contributed by atoms with Crippen molar-refractivity contribution < 1.29 is 4.74 Å². The highest BCUT2D eigenvalue weighted by Crippen LogP contribution is 2.46.